The summed E-state index contributed by atoms with van der Waals surface area (Å²) in [6.07, 6.45) is 2.14. The lowest BCUT2D eigenvalue weighted by molar-refractivity contribution is 0.0957. The molecule has 0 unspecified atom stereocenters. The molecule has 3 rings (SSSR count). The second-order valence-corrected chi connectivity index (χ2v) is 5.50. The molecule has 0 aromatic carbocycles. The number of nitrogens with one attached hydrogen (secondary N) is 1. The molecule has 3 aromatic heterocycles. The number of aromatic nitrogens is 3. The van der Waals surface area contributed by atoms with Gasteiger partial charge in [-0.2, -0.15) is 4.98 Å². The van der Waals surface area contributed by atoms with Crippen LogP contribution < -0.4 is 10.1 Å². The molecule has 0 aliphatic rings. The van der Waals surface area contributed by atoms with Crippen LogP contribution in [0.4, 0.5) is 0 Å². The van der Waals surface area contributed by atoms with Gasteiger partial charge in [-0.05, 0) is 12.1 Å². The molecule has 118 valence electrons. The first kappa shape index (κ1) is 15.2. The Kier molecular flexibility index (Phi) is 4.62. The lowest BCUT2D eigenvalue weighted by Gasteiger charge is -2.00. The Bertz CT molecular complexity index is 785. The van der Waals surface area contributed by atoms with Crippen LogP contribution in [-0.4, -0.2) is 34.7 Å². The molecule has 0 aliphatic heterocycles. The maximum Gasteiger partial charge on any atom is 0.276 e. The van der Waals surface area contributed by atoms with E-state index in [-0.39, 0.29) is 5.91 Å². The first-order chi connectivity index (χ1) is 11.3. The van der Waals surface area contributed by atoms with Crippen LogP contribution in [-0.2, 0) is 6.42 Å². The van der Waals surface area contributed by atoms with E-state index in [1.165, 1.54) is 11.3 Å². The quantitative estimate of drug-likeness (QED) is 0.745. The normalized spacial score (nSPS) is 10.5. The largest absolute Gasteiger partial charge is 0.496 e. The zero-order valence-corrected chi connectivity index (χ0v) is 13.2. The van der Waals surface area contributed by atoms with Crippen LogP contribution in [0.5, 0.6) is 5.75 Å². The van der Waals surface area contributed by atoms with Gasteiger partial charge in [0.15, 0.2) is 5.82 Å². The third kappa shape index (κ3) is 3.72. The van der Waals surface area contributed by atoms with Crippen molar-refractivity contribution in [2.75, 3.05) is 13.7 Å². The number of carbonyl (C=O) groups excluding carboxylic acids is 1. The highest BCUT2D eigenvalue weighted by molar-refractivity contribution is 7.12. The summed E-state index contributed by atoms with van der Waals surface area (Å²) in [7, 11) is 1.57. The van der Waals surface area contributed by atoms with Crippen LogP contribution in [0.2, 0.25) is 0 Å². The van der Waals surface area contributed by atoms with Crippen LogP contribution in [0, 0.1) is 0 Å². The molecular formula is C15H14N4O3S. The second kappa shape index (κ2) is 7.01. The number of amides is 1. The maximum atomic E-state index is 12.0. The third-order valence-corrected chi connectivity index (χ3v) is 3.93. The van der Waals surface area contributed by atoms with E-state index in [1.807, 2.05) is 12.1 Å². The van der Waals surface area contributed by atoms with Crippen molar-refractivity contribution >= 4 is 17.2 Å². The molecule has 0 saturated heterocycles. The summed E-state index contributed by atoms with van der Waals surface area (Å²) in [5.41, 5.74) is 0.626. The molecule has 3 heterocycles. The highest BCUT2D eigenvalue weighted by atomic mass is 32.1. The van der Waals surface area contributed by atoms with E-state index in [0.29, 0.717) is 41.0 Å². The molecule has 23 heavy (non-hydrogen) atoms. The predicted octanol–water partition coefficient (Wildman–Crippen LogP) is 2.17. The summed E-state index contributed by atoms with van der Waals surface area (Å²) in [6, 6.07) is 7.16. The number of ether oxygens (including phenoxy) is 1. The van der Waals surface area contributed by atoms with Gasteiger partial charge in [0, 0.05) is 30.6 Å². The fourth-order valence-electron chi connectivity index (χ4n) is 1.87. The van der Waals surface area contributed by atoms with Crippen molar-refractivity contribution in [1.29, 1.82) is 0 Å². The summed E-state index contributed by atoms with van der Waals surface area (Å²) in [5.74, 6) is 1.43. The Morgan fingerprint density at radius 1 is 1.43 bits per heavy atom. The molecule has 1 N–H and O–H groups in total. The third-order valence-electron chi connectivity index (χ3n) is 3.02. The average Bonchev–Trinajstić information content (AvgIpc) is 3.25. The van der Waals surface area contributed by atoms with Crippen molar-refractivity contribution in [2.24, 2.45) is 0 Å². The van der Waals surface area contributed by atoms with E-state index in [9.17, 15) is 4.79 Å². The number of rotatable bonds is 6. The zero-order valence-electron chi connectivity index (χ0n) is 12.4. The van der Waals surface area contributed by atoms with Gasteiger partial charge in [-0.15, -0.1) is 11.3 Å². The number of hydrogen-bond donors (Lipinski definition) is 1. The van der Waals surface area contributed by atoms with Crippen LogP contribution in [0.3, 0.4) is 0 Å². The van der Waals surface area contributed by atoms with Gasteiger partial charge >= 0.3 is 0 Å². The van der Waals surface area contributed by atoms with Crippen LogP contribution in [0.15, 0.2) is 40.4 Å². The van der Waals surface area contributed by atoms with Crippen molar-refractivity contribution in [1.82, 2.24) is 20.4 Å². The SMILES string of the molecule is COc1csc(C(=O)NCCc2noc(-c3ccccn3)n2)c1. The topological polar surface area (TPSA) is 90.1 Å². The molecule has 0 aliphatic carbocycles. The number of thiophene rings is 1. The van der Waals surface area contributed by atoms with E-state index < -0.39 is 0 Å². The van der Waals surface area contributed by atoms with Gasteiger partial charge in [-0.1, -0.05) is 11.2 Å². The van der Waals surface area contributed by atoms with Gasteiger partial charge in [-0.25, -0.2) is 0 Å². The average molecular weight is 330 g/mol. The minimum Gasteiger partial charge on any atom is -0.496 e. The Morgan fingerprint density at radius 2 is 2.35 bits per heavy atom. The molecular weight excluding hydrogens is 316 g/mol. The molecule has 8 heteroatoms. The monoisotopic (exact) mass is 330 g/mol. The van der Waals surface area contributed by atoms with Crippen molar-refractivity contribution in [2.45, 2.75) is 6.42 Å². The molecule has 1 amide bonds. The number of pyridine rings is 1. The molecule has 0 radical (unpaired) electrons. The van der Waals surface area contributed by atoms with Gasteiger partial charge < -0.3 is 14.6 Å². The van der Waals surface area contributed by atoms with Gasteiger partial charge in [0.05, 0.1) is 12.0 Å². The zero-order chi connectivity index (χ0) is 16.1. The van der Waals surface area contributed by atoms with Gasteiger partial charge in [-0.3, -0.25) is 9.78 Å². The first-order valence-electron chi connectivity index (χ1n) is 6.91. The Balaban J connectivity index is 1.53. The fraction of sp³-hybridized carbons (Fsp3) is 0.200. The van der Waals surface area contributed by atoms with E-state index in [4.69, 9.17) is 9.26 Å². The van der Waals surface area contributed by atoms with Crippen LogP contribution in [0.25, 0.3) is 11.6 Å². The number of hydrogen-bond acceptors (Lipinski definition) is 7. The van der Waals surface area contributed by atoms with Crippen molar-refractivity contribution in [3.8, 4) is 17.3 Å². The molecule has 3 aromatic rings. The van der Waals surface area contributed by atoms with Gasteiger partial charge in [0.2, 0.25) is 0 Å². The molecule has 0 spiro atoms. The summed E-state index contributed by atoms with van der Waals surface area (Å²) in [6.45, 7) is 0.417. The van der Waals surface area contributed by atoms with Crippen LogP contribution >= 0.6 is 11.3 Å². The highest BCUT2D eigenvalue weighted by Crippen LogP contribution is 2.20. The Hall–Kier alpha value is -2.74. The molecule has 0 saturated carbocycles. The number of carbonyl (C=O) groups is 1. The minimum absolute atomic E-state index is 0.147. The van der Waals surface area contributed by atoms with E-state index in [2.05, 4.69) is 20.4 Å². The number of nitrogens with zero attached hydrogens (tertiary/aromatic N) is 3. The minimum atomic E-state index is -0.147. The van der Waals surface area contributed by atoms with Crippen molar-refractivity contribution in [3.63, 3.8) is 0 Å². The first-order valence-corrected chi connectivity index (χ1v) is 7.79. The van der Waals surface area contributed by atoms with Crippen molar-refractivity contribution < 1.29 is 14.1 Å². The lowest BCUT2D eigenvalue weighted by Crippen LogP contribution is -2.25. The standard InChI is InChI=1S/C15H14N4O3S/c1-21-10-8-12(23-9-10)14(20)17-7-5-13-18-15(22-19-13)11-4-2-3-6-16-11/h2-4,6,8-9H,5,7H2,1H3,(H,17,20). The summed E-state index contributed by atoms with van der Waals surface area (Å²) in [5, 5.41) is 8.48. The molecule has 7 nitrogen and oxygen atoms in total. The summed E-state index contributed by atoms with van der Waals surface area (Å²) < 4.78 is 10.2. The van der Waals surface area contributed by atoms with E-state index in [0.717, 1.165) is 0 Å². The lowest BCUT2D eigenvalue weighted by atomic mass is 10.3. The Morgan fingerprint density at radius 3 is 3.09 bits per heavy atom. The van der Waals surface area contributed by atoms with Gasteiger partial charge in [0.25, 0.3) is 11.8 Å². The second-order valence-electron chi connectivity index (χ2n) is 4.59. The molecule has 0 fully saturated rings. The van der Waals surface area contributed by atoms with Gasteiger partial charge in [0.1, 0.15) is 11.4 Å². The predicted molar refractivity (Wildman–Crippen MR) is 84.4 cm³/mol. The molecule has 0 bridgehead atoms. The smallest absolute Gasteiger partial charge is 0.276 e. The van der Waals surface area contributed by atoms with E-state index >= 15 is 0 Å². The van der Waals surface area contributed by atoms with Crippen LogP contribution in [0.1, 0.15) is 15.5 Å². The summed E-state index contributed by atoms with van der Waals surface area (Å²) >= 11 is 1.33. The van der Waals surface area contributed by atoms with E-state index in [1.54, 1.807) is 30.8 Å². The fourth-order valence-corrected chi connectivity index (χ4v) is 2.64. The highest BCUT2D eigenvalue weighted by Gasteiger charge is 2.11. The summed E-state index contributed by atoms with van der Waals surface area (Å²) in [4.78, 5) is 21.0. The maximum absolute atomic E-state index is 12.0. The molecule has 0 atom stereocenters. The Labute approximate surface area is 136 Å². The van der Waals surface area contributed by atoms with Crippen molar-refractivity contribution in [3.05, 3.63) is 46.5 Å². The number of methoxy groups -OCH3 is 1.